The molecule has 1 aliphatic rings. The van der Waals surface area contributed by atoms with Crippen molar-refractivity contribution in [3.63, 3.8) is 0 Å². The van der Waals surface area contributed by atoms with Crippen LogP contribution in [0.25, 0.3) is 0 Å². The Morgan fingerprint density at radius 2 is 1.81 bits per heavy atom. The van der Waals surface area contributed by atoms with Crippen molar-refractivity contribution < 1.29 is 22.8 Å². The van der Waals surface area contributed by atoms with Crippen LogP contribution in [0.5, 0.6) is 0 Å². The molecule has 4 nitrogen and oxygen atoms in total. The lowest BCUT2D eigenvalue weighted by molar-refractivity contribution is -0.137. The lowest BCUT2D eigenvalue weighted by atomic mass is 10.1. The molecule has 27 heavy (non-hydrogen) atoms. The number of carbonyl (C=O) groups excluding carboxylic acids is 2. The number of anilines is 2. The molecule has 1 aliphatic heterocycles. The summed E-state index contributed by atoms with van der Waals surface area (Å²) in [5.74, 6) is -1.06. The molecule has 1 fully saturated rings. The van der Waals surface area contributed by atoms with Gasteiger partial charge in [0.2, 0.25) is 11.8 Å². The molecule has 1 heterocycles. The largest absolute Gasteiger partial charge is 0.416 e. The summed E-state index contributed by atoms with van der Waals surface area (Å²) in [6.45, 7) is 2.25. The molecule has 0 aromatic heterocycles. The first-order valence-electron chi connectivity index (χ1n) is 8.66. The van der Waals surface area contributed by atoms with Crippen LogP contribution in [-0.4, -0.2) is 18.4 Å². The van der Waals surface area contributed by atoms with E-state index in [1.165, 1.54) is 12.1 Å². The first-order chi connectivity index (χ1) is 12.8. The second-order valence-electron chi connectivity index (χ2n) is 6.45. The maximum atomic E-state index is 12.6. The lowest BCUT2D eigenvalue weighted by Crippen LogP contribution is -2.28. The molecule has 2 aromatic rings. The first kappa shape index (κ1) is 18.9. The van der Waals surface area contributed by atoms with E-state index in [2.05, 4.69) is 5.32 Å². The quantitative estimate of drug-likeness (QED) is 0.867. The number of para-hydroxylation sites is 1. The van der Waals surface area contributed by atoms with E-state index >= 15 is 0 Å². The van der Waals surface area contributed by atoms with E-state index < -0.39 is 17.7 Å². The fourth-order valence-electron chi connectivity index (χ4n) is 3.18. The number of alkyl halides is 3. The van der Waals surface area contributed by atoms with Gasteiger partial charge >= 0.3 is 6.18 Å². The number of nitrogens with one attached hydrogen (secondary N) is 1. The third-order valence-electron chi connectivity index (χ3n) is 4.64. The van der Waals surface area contributed by atoms with Crippen LogP contribution in [0.15, 0.2) is 48.5 Å². The van der Waals surface area contributed by atoms with Gasteiger partial charge in [-0.2, -0.15) is 13.2 Å². The molecule has 1 saturated heterocycles. The Morgan fingerprint density at radius 1 is 1.15 bits per heavy atom. The van der Waals surface area contributed by atoms with Gasteiger partial charge < -0.3 is 10.2 Å². The molecule has 1 unspecified atom stereocenters. The summed E-state index contributed by atoms with van der Waals surface area (Å²) in [6.07, 6.45) is -3.58. The van der Waals surface area contributed by atoms with Crippen LogP contribution in [0.3, 0.4) is 0 Å². The summed E-state index contributed by atoms with van der Waals surface area (Å²) in [4.78, 5) is 26.5. The Morgan fingerprint density at radius 3 is 2.44 bits per heavy atom. The molecular weight excluding hydrogens is 357 g/mol. The van der Waals surface area contributed by atoms with Gasteiger partial charge in [0.05, 0.1) is 11.5 Å². The van der Waals surface area contributed by atoms with Crippen LogP contribution in [0.4, 0.5) is 24.5 Å². The smallest absolute Gasteiger partial charge is 0.326 e. The summed E-state index contributed by atoms with van der Waals surface area (Å²) < 4.78 is 37.8. The van der Waals surface area contributed by atoms with E-state index in [9.17, 15) is 22.8 Å². The number of carbonyl (C=O) groups is 2. The Labute approximate surface area is 155 Å². The molecule has 2 amide bonds. The normalized spacial score (nSPS) is 17.3. The van der Waals surface area contributed by atoms with Crippen molar-refractivity contribution in [1.82, 2.24) is 0 Å². The standard InChI is InChI=1S/C20H19F3N2O2/c1-2-13-5-3-4-6-17(13)25-12-14(11-18(25)26)19(27)24-16-9-7-15(8-10-16)20(21,22)23/h3-10,14H,2,11-12H2,1H3,(H,24,27). The van der Waals surface area contributed by atoms with Gasteiger partial charge in [0.25, 0.3) is 0 Å². The molecule has 0 saturated carbocycles. The van der Waals surface area contributed by atoms with E-state index in [4.69, 9.17) is 0 Å². The van der Waals surface area contributed by atoms with Crippen LogP contribution < -0.4 is 10.2 Å². The van der Waals surface area contributed by atoms with Gasteiger partial charge in [0.15, 0.2) is 0 Å². The highest BCUT2D eigenvalue weighted by atomic mass is 19.4. The van der Waals surface area contributed by atoms with Crippen molar-refractivity contribution in [1.29, 1.82) is 0 Å². The SMILES string of the molecule is CCc1ccccc1N1CC(C(=O)Nc2ccc(C(F)(F)F)cc2)CC1=O. The molecule has 0 spiro atoms. The summed E-state index contributed by atoms with van der Waals surface area (Å²) in [7, 11) is 0. The highest BCUT2D eigenvalue weighted by Gasteiger charge is 2.36. The number of benzene rings is 2. The highest BCUT2D eigenvalue weighted by Crippen LogP contribution is 2.31. The van der Waals surface area contributed by atoms with Gasteiger partial charge in [-0.05, 0) is 42.3 Å². The van der Waals surface area contributed by atoms with Gasteiger partial charge in [0, 0.05) is 24.3 Å². The van der Waals surface area contributed by atoms with E-state index in [1.807, 2.05) is 31.2 Å². The molecule has 7 heteroatoms. The second kappa shape index (κ2) is 7.42. The fraction of sp³-hybridized carbons (Fsp3) is 0.300. The molecule has 0 radical (unpaired) electrons. The Bertz CT molecular complexity index is 847. The monoisotopic (exact) mass is 376 g/mol. The van der Waals surface area contributed by atoms with Crippen LogP contribution in [-0.2, 0) is 22.2 Å². The molecule has 2 aromatic carbocycles. The summed E-state index contributed by atoms with van der Waals surface area (Å²) in [5, 5.41) is 2.60. The topological polar surface area (TPSA) is 49.4 Å². The zero-order valence-electron chi connectivity index (χ0n) is 14.7. The highest BCUT2D eigenvalue weighted by molar-refractivity contribution is 6.03. The number of hydrogen-bond donors (Lipinski definition) is 1. The zero-order chi connectivity index (χ0) is 19.6. The summed E-state index contributed by atoms with van der Waals surface area (Å²) in [6, 6.07) is 11.8. The second-order valence-corrected chi connectivity index (χ2v) is 6.45. The van der Waals surface area contributed by atoms with Crippen LogP contribution >= 0.6 is 0 Å². The minimum Gasteiger partial charge on any atom is -0.326 e. The number of nitrogens with zero attached hydrogens (tertiary/aromatic N) is 1. The minimum absolute atomic E-state index is 0.0739. The van der Waals surface area contributed by atoms with Crippen LogP contribution in [0.1, 0.15) is 24.5 Å². The van der Waals surface area contributed by atoms with Crippen molar-refractivity contribution in [2.24, 2.45) is 5.92 Å². The zero-order valence-corrected chi connectivity index (χ0v) is 14.7. The van der Waals surface area contributed by atoms with Gasteiger partial charge in [-0.3, -0.25) is 9.59 Å². The molecule has 0 aliphatic carbocycles. The Balaban J connectivity index is 1.69. The van der Waals surface area contributed by atoms with Gasteiger partial charge in [0.1, 0.15) is 0 Å². The van der Waals surface area contributed by atoms with E-state index in [-0.39, 0.29) is 30.5 Å². The third-order valence-corrected chi connectivity index (χ3v) is 4.64. The summed E-state index contributed by atoms with van der Waals surface area (Å²) >= 11 is 0. The number of amides is 2. The van der Waals surface area contributed by atoms with Crippen molar-refractivity contribution in [3.05, 3.63) is 59.7 Å². The lowest BCUT2D eigenvalue weighted by Gasteiger charge is -2.20. The van der Waals surface area contributed by atoms with E-state index in [0.717, 1.165) is 29.8 Å². The third kappa shape index (κ3) is 4.13. The fourth-order valence-corrected chi connectivity index (χ4v) is 3.18. The molecule has 0 bridgehead atoms. The van der Waals surface area contributed by atoms with Crippen molar-refractivity contribution in [3.8, 4) is 0 Å². The Hall–Kier alpha value is -2.83. The van der Waals surface area contributed by atoms with Gasteiger partial charge in [-0.15, -0.1) is 0 Å². The molecule has 1 atom stereocenters. The minimum atomic E-state index is -4.42. The van der Waals surface area contributed by atoms with Crippen LogP contribution in [0.2, 0.25) is 0 Å². The van der Waals surface area contributed by atoms with Crippen molar-refractivity contribution in [2.45, 2.75) is 25.9 Å². The number of rotatable bonds is 4. The number of hydrogen-bond acceptors (Lipinski definition) is 2. The predicted octanol–water partition coefficient (Wildman–Crippen LogP) is 4.26. The first-order valence-corrected chi connectivity index (χ1v) is 8.66. The van der Waals surface area contributed by atoms with Crippen molar-refractivity contribution >= 4 is 23.2 Å². The van der Waals surface area contributed by atoms with Gasteiger partial charge in [-0.1, -0.05) is 25.1 Å². The maximum absolute atomic E-state index is 12.6. The number of aryl methyl sites for hydroxylation is 1. The molecular formula is C20H19F3N2O2. The summed E-state index contributed by atoms with van der Waals surface area (Å²) in [5.41, 5.74) is 1.32. The van der Waals surface area contributed by atoms with E-state index in [0.29, 0.717) is 0 Å². The Kier molecular flexibility index (Phi) is 5.21. The molecule has 1 N–H and O–H groups in total. The van der Waals surface area contributed by atoms with Crippen LogP contribution in [0, 0.1) is 5.92 Å². The van der Waals surface area contributed by atoms with Gasteiger partial charge in [-0.25, -0.2) is 0 Å². The average Bonchev–Trinajstić information content (AvgIpc) is 3.03. The maximum Gasteiger partial charge on any atom is 0.416 e. The molecule has 3 rings (SSSR count). The average molecular weight is 376 g/mol. The predicted molar refractivity (Wildman–Crippen MR) is 96.4 cm³/mol. The van der Waals surface area contributed by atoms with Crippen molar-refractivity contribution in [2.75, 3.05) is 16.8 Å². The molecule has 142 valence electrons. The number of halogens is 3. The van der Waals surface area contributed by atoms with E-state index in [1.54, 1.807) is 4.90 Å².